The van der Waals surface area contributed by atoms with Gasteiger partial charge in [-0.25, -0.2) is 0 Å². The van der Waals surface area contributed by atoms with Crippen LogP contribution in [0.25, 0.3) is 0 Å². The molecule has 0 saturated carbocycles. The summed E-state index contributed by atoms with van der Waals surface area (Å²) in [5.74, 6) is 0. The molecule has 0 radical (unpaired) electrons. The van der Waals surface area contributed by atoms with E-state index in [1.165, 1.54) is 0 Å². The second-order valence-electron chi connectivity index (χ2n) is 0.595. The Balaban J connectivity index is 3.81. The van der Waals surface area contributed by atoms with Gasteiger partial charge in [-0.3, -0.25) is 0 Å². The van der Waals surface area contributed by atoms with Gasteiger partial charge < -0.3 is 0 Å². The van der Waals surface area contributed by atoms with Crippen LogP contribution in [0.15, 0.2) is 0 Å². The molecule has 0 spiro atoms. The Bertz CT molecular complexity index is 89.7. The molecule has 0 saturated heterocycles. The first-order valence-corrected chi connectivity index (χ1v) is 4.97. The zero-order valence-electron chi connectivity index (χ0n) is 2.61. The maximum atomic E-state index is 9.42. The molecule has 0 aromatic carbocycles. The van der Waals surface area contributed by atoms with Gasteiger partial charge in [-0.1, -0.05) is 0 Å². The summed E-state index contributed by atoms with van der Waals surface area (Å²) in [6.45, 7) is 0. The zero-order chi connectivity index (χ0) is 5.21. The third kappa shape index (κ3) is 4.53. The van der Waals surface area contributed by atoms with Crippen LogP contribution in [-0.2, 0) is 24.0 Å². The van der Waals surface area contributed by atoms with Gasteiger partial charge in [-0.05, 0) is 0 Å². The van der Waals surface area contributed by atoms with E-state index in [0.29, 0.717) is 0 Å². The first-order valence-electron chi connectivity index (χ1n) is 0.965. The normalized spacial score (nSPS) is 11.0. The van der Waals surface area contributed by atoms with Crippen molar-refractivity contribution in [2.45, 2.75) is 0 Å². The van der Waals surface area contributed by atoms with E-state index in [1.54, 1.807) is 0 Å². The summed E-state index contributed by atoms with van der Waals surface area (Å²) in [4.78, 5) is 15.3. The van der Waals surface area contributed by atoms with E-state index in [9.17, 15) is 8.24 Å². The van der Waals surface area contributed by atoms with E-state index in [-0.39, 0.29) is 0 Å². The van der Waals surface area contributed by atoms with Gasteiger partial charge >= 0.3 is 39.9 Å². The van der Waals surface area contributed by atoms with Crippen LogP contribution in [0.5, 0.6) is 0 Å². The molecule has 0 aliphatic heterocycles. The van der Waals surface area contributed by atoms with Gasteiger partial charge in [0, 0.05) is 0 Å². The number of hydrogen-bond donors (Lipinski definition) is 2. The van der Waals surface area contributed by atoms with Gasteiger partial charge in [0.15, 0.2) is 0 Å². The first kappa shape index (κ1) is 6.53. The van der Waals surface area contributed by atoms with Gasteiger partial charge in [0.25, 0.3) is 0 Å². The first-order chi connectivity index (χ1) is 2.56. The second kappa shape index (κ2) is 2.00. The Hall–Kier alpha value is 0.534. The Morgan fingerprint density at radius 3 is 1.67 bits per heavy atom. The van der Waals surface area contributed by atoms with Crippen molar-refractivity contribution < 1.29 is 33.8 Å². The molecular formula is H2O4PV. The van der Waals surface area contributed by atoms with Crippen molar-refractivity contribution >= 4 is 6.07 Å². The summed E-state index contributed by atoms with van der Waals surface area (Å²) in [7, 11) is 0. The van der Waals surface area contributed by atoms with Crippen LogP contribution in [0.1, 0.15) is 0 Å². The Kier molecular flexibility index (Phi) is 2.18. The van der Waals surface area contributed by atoms with Crippen LogP contribution in [0, 0.1) is 0 Å². The number of hydrogen-bond acceptors (Lipinski definition) is 2. The summed E-state index contributed by atoms with van der Waals surface area (Å²) in [5.41, 5.74) is 0. The fourth-order valence-electron chi connectivity index (χ4n) is 0. The summed E-state index contributed by atoms with van der Waals surface area (Å²) >= 11 is -2.00. The van der Waals surface area contributed by atoms with E-state index < -0.39 is 21.8 Å². The van der Waals surface area contributed by atoms with E-state index >= 15 is 0 Å². The Morgan fingerprint density at radius 2 is 1.67 bits per heavy atom. The predicted molar refractivity (Wildman–Crippen MR) is 12.7 cm³/mol. The third-order valence-corrected chi connectivity index (χ3v) is 1.32. The summed E-state index contributed by atoms with van der Waals surface area (Å²) in [6, 6.07) is -4.11. The Morgan fingerprint density at radius 1 is 1.50 bits per heavy atom. The standard InChI is InChI=1S/HO3P.O.V/c1-4(2)3;;/h(H-,1,2,3);;/q;;-1/p+1. The van der Waals surface area contributed by atoms with Crippen LogP contribution in [0.2, 0.25) is 0 Å². The fourth-order valence-corrected chi connectivity index (χ4v) is 0. The second-order valence-corrected chi connectivity index (χ2v) is 4.99. The molecule has 4 nitrogen and oxygen atoms in total. The average Bonchev–Trinajstić information content (AvgIpc) is 1.35. The molecule has 6 heavy (non-hydrogen) atoms. The van der Waals surface area contributed by atoms with Crippen LogP contribution < -0.4 is 0 Å². The maximum absolute atomic E-state index is 9.42. The molecule has 36 valence electrons. The molecule has 0 aromatic heterocycles. The minimum atomic E-state index is -4.11. The third-order valence-electron chi connectivity index (χ3n) is 0.106. The SMILES string of the molecule is [O]=[V][P](=O)(O)O. The molecule has 0 aromatic rings. The van der Waals surface area contributed by atoms with Gasteiger partial charge in [0.2, 0.25) is 0 Å². The van der Waals surface area contributed by atoms with E-state index in [2.05, 4.69) is 0 Å². The van der Waals surface area contributed by atoms with Crippen molar-refractivity contribution in [1.29, 1.82) is 0 Å². The van der Waals surface area contributed by atoms with Crippen molar-refractivity contribution in [2.75, 3.05) is 0 Å². The molecule has 0 fully saturated rings. The monoisotopic (exact) mass is 148 g/mol. The molecule has 0 atom stereocenters. The fraction of sp³-hybridized carbons (Fsp3) is 0. The molecule has 2 N–H and O–H groups in total. The molecule has 0 rings (SSSR count). The summed E-state index contributed by atoms with van der Waals surface area (Å²) in [5, 5.41) is 0. The predicted octanol–water partition coefficient (Wildman–Crippen LogP) is -0.493. The number of rotatable bonds is 1. The van der Waals surface area contributed by atoms with Crippen LogP contribution >= 0.6 is 6.07 Å². The molecule has 0 bridgehead atoms. The van der Waals surface area contributed by atoms with Crippen LogP contribution in [0.4, 0.5) is 0 Å². The topological polar surface area (TPSA) is 74.6 Å². The molecule has 0 amide bonds. The van der Waals surface area contributed by atoms with Gasteiger partial charge in [-0.2, -0.15) is 0 Å². The Labute approximate surface area is 40.6 Å². The van der Waals surface area contributed by atoms with Gasteiger partial charge in [0.05, 0.1) is 0 Å². The molecule has 0 aliphatic carbocycles. The van der Waals surface area contributed by atoms with E-state index in [0.717, 1.165) is 0 Å². The van der Waals surface area contributed by atoms with Crippen LogP contribution in [-0.4, -0.2) is 9.79 Å². The van der Waals surface area contributed by atoms with Crippen molar-refractivity contribution in [2.24, 2.45) is 0 Å². The molecule has 6 heteroatoms. The van der Waals surface area contributed by atoms with Crippen molar-refractivity contribution in [3.05, 3.63) is 0 Å². The zero-order valence-corrected chi connectivity index (χ0v) is 4.90. The molecule has 0 unspecified atom stereocenters. The minimum absolute atomic E-state index is 2.00. The summed E-state index contributed by atoms with van der Waals surface area (Å²) < 4.78 is 18.7. The van der Waals surface area contributed by atoms with E-state index in [4.69, 9.17) is 9.79 Å². The molecular weight excluding hydrogens is 146 g/mol. The van der Waals surface area contributed by atoms with Gasteiger partial charge in [0.1, 0.15) is 0 Å². The molecule has 0 heterocycles. The quantitative estimate of drug-likeness (QED) is 0.491. The van der Waals surface area contributed by atoms with E-state index in [1.807, 2.05) is 0 Å². The van der Waals surface area contributed by atoms with Crippen molar-refractivity contribution in [1.82, 2.24) is 0 Å². The van der Waals surface area contributed by atoms with Crippen molar-refractivity contribution in [3.8, 4) is 0 Å². The molecule has 0 aliphatic rings. The van der Waals surface area contributed by atoms with Crippen molar-refractivity contribution in [3.63, 3.8) is 0 Å². The van der Waals surface area contributed by atoms with Gasteiger partial charge in [-0.15, -0.1) is 0 Å². The van der Waals surface area contributed by atoms with Crippen LogP contribution in [0.3, 0.4) is 0 Å². The summed E-state index contributed by atoms with van der Waals surface area (Å²) in [6.07, 6.45) is 0. The average molecular weight is 148 g/mol.